The number of hydrogen-bond acceptors (Lipinski definition) is 6. The Morgan fingerprint density at radius 2 is 1.88 bits per heavy atom. The van der Waals surface area contributed by atoms with Gasteiger partial charge in [-0.2, -0.15) is 0 Å². The molecule has 2 aliphatic rings. The van der Waals surface area contributed by atoms with Crippen molar-refractivity contribution >= 4 is 11.9 Å². The third-order valence-corrected chi connectivity index (χ3v) is 4.68. The first-order valence-corrected chi connectivity index (χ1v) is 8.95. The summed E-state index contributed by atoms with van der Waals surface area (Å²) in [4.78, 5) is 27.8. The highest BCUT2D eigenvalue weighted by Gasteiger charge is 2.22. The molecule has 0 bridgehead atoms. The predicted octanol–water partition coefficient (Wildman–Crippen LogP) is 0.670. The topological polar surface area (TPSA) is 68.3 Å². The molecule has 1 aliphatic carbocycles. The lowest BCUT2D eigenvalue weighted by Gasteiger charge is -2.30. The Bertz CT molecular complexity index is 392. The van der Waals surface area contributed by atoms with E-state index in [0.29, 0.717) is 6.54 Å². The predicted molar refractivity (Wildman–Crippen MR) is 88.7 cm³/mol. The van der Waals surface area contributed by atoms with Gasteiger partial charge in [-0.15, -0.1) is 0 Å². The fourth-order valence-electron chi connectivity index (χ4n) is 3.11. The van der Waals surface area contributed by atoms with Crippen LogP contribution >= 0.6 is 0 Å². The zero-order chi connectivity index (χ0) is 17.2. The number of esters is 1. The Morgan fingerprint density at radius 3 is 2.54 bits per heavy atom. The van der Waals surface area contributed by atoms with Gasteiger partial charge < -0.3 is 19.1 Å². The van der Waals surface area contributed by atoms with Gasteiger partial charge in [-0.25, -0.2) is 0 Å². The smallest absolute Gasteiger partial charge is 0.325 e. The van der Waals surface area contributed by atoms with Crippen LogP contribution in [0.15, 0.2) is 0 Å². The zero-order valence-electron chi connectivity index (χ0n) is 14.7. The molecule has 2 fully saturated rings. The molecule has 7 nitrogen and oxygen atoms in total. The van der Waals surface area contributed by atoms with E-state index < -0.39 is 5.97 Å². The number of methoxy groups -OCH3 is 1. The lowest BCUT2D eigenvalue weighted by Crippen LogP contribution is -2.46. The molecule has 24 heavy (non-hydrogen) atoms. The van der Waals surface area contributed by atoms with Crippen molar-refractivity contribution in [3.8, 4) is 0 Å². The molecule has 1 heterocycles. The normalized spacial score (nSPS) is 19.9. The second-order valence-electron chi connectivity index (χ2n) is 6.42. The van der Waals surface area contributed by atoms with Crippen LogP contribution in [0.3, 0.4) is 0 Å². The molecule has 1 saturated carbocycles. The highest BCUT2D eigenvalue weighted by atomic mass is 16.5. The summed E-state index contributed by atoms with van der Waals surface area (Å²) in [6.45, 7) is 4.42. The summed E-state index contributed by atoms with van der Waals surface area (Å²) in [6, 6.07) is 0. The van der Waals surface area contributed by atoms with E-state index in [2.05, 4.69) is 4.90 Å². The molecule has 1 saturated heterocycles. The maximum Gasteiger partial charge on any atom is 0.325 e. The first-order valence-electron chi connectivity index (χ1n) is 8.95. The number of nitrogens with zero attached hydrogens (tertiary/aromatic N) is 2. The molecule has 0 aromatic carbocycles. The van der Waals surface area contributed by atoms with Crippen LogP contribution in [0, 0.1) is 0 Å². The maximum absolute atomic E-state index is 12.5. The number of rotatable bonds is 8. The van der Waals surface area contributed by atoms with Crippen molar-refractivity contribution in [1.29, 1.82) is 0 Å². The lowest BCUT2D eigenvalue weighted by molar-refractivity contribution is -0.150. The van der Waals surface area contributed by atoms with Crippen LogP contribution in [0.1, 0.15) is 32.1 Å². The molecule has 0 radical (unpaired) electrons. The molecule has 0 unspecified atom stereocenters. The number of amides is 1. The van der Waals surface area contributed by atoms with Crippen LogP contribution in [0.4, 0.5) is 0 Å². The van der Waals surface area contributed by atoms with Crippen LogP contribution < -0.4 is 0 Å². The van der Waals surface area contributed by atoms with Crippen LogP contribution in [-0.4, -0.2) is 87.4 Å². The Labute approximate surface area is 144 Å². The standard InChI is InChI=1S/C17H30N2O5/c1-22-17(21)13-19(8-7-18-9-11-23-12-10-18)16(20)14-24-15-5-3-2-4-6-15/h15H,2-14H2,1H3. The van der Waals surface area contributed by atoms with E-state index >= 15 is 0 Å². The minimum atomic E-state index is -0.400. The SMILES string of the molecule is COC(=O)CN(CCN1CCOCC1)C(=O)COC1CCCCC1. The Hall–Kier alpha value is -1.18. The largest absolute Gasteiger partial charge is 0.468 e. The van der Waals surface area contributed by atoms with Gasteiger partial charge in [0.25, 0.3) is 0 Å². The average molecular weight is 342 g/mol. The maximum atomic E-state index is 12.5. The highest BCUT2D eigenvalue weighted by Crippen LogP contribution is 2.20. The van der Waals surface area contributed by atoms with E-state index in [-0.39, 0.29) is 25.2 Å². The van der Waals surface area contributed by atoms with Crippen LogP contribution in [0.5, 0.6) is 0 Å². The van der Waals surface area contributed by atoms with Crippen molar-refractivity contribution in [1.82, 2.24) is 9.80 Å². The van der Waals surface area contributed by atoms with Gasteiger partial charge in [-0.05, 0) is 12.8 Å². The van der Waals surface area contributed by atoms with Gasteiger partial charge in [0, 0.05) is 26.2 Å². The molecule has 0 aromatic heterocycles. The fraction of sp³-hybridized carbons (Fsp3) is 0.882. The first kappa shape index (κ1) is 19.1. The van der Waals surface area contributed by atoms with Gasteiger partial charge in [0.15, 0.2) is 0 Å². The number of hydrogen-bond donors (Lipinski definition) is 0. The van der Waals surface area contributed by atoms with Crippen molar-refractivity contribution in [2.45, 2.75) is 38.2 Å². The number of morpholine rings is 1. The molecule has 0 N–H and O–H groups in total. The molecule has 0 aromatic rings. The van der Waals surface area contributed by atoms with Gasteiger partial charge in [0.2, 0.25) is 5.91 Å². The van der Waals surface area contributed by atoms with Gasteiger partial charge >= 0.3 is 5.97 Å². The molecular formula is C17H30N2O5. The average Bonchev–Trinajstić information content (AvgIpc) is 2.64. The molecular weight excluding hydrogens is 312 g/mol. The van der Waals surface area contributed by atoms with Gasteiger partial charge in [0.1, 0.15) is 13.2 Å². The van der Waals surface area contributed by atoms with Crippen LogP contribution in [0.2, 0.25) is 0 Å². The second kappa shape index (κ2) is 10.6. The monoisotopic (exact) mass is 342 g/mol. The Kier molecular flexibility index (Phi) is 8.49. The van der Waals surface area contributed by atoms with Gasteiger partial charge in [-0.3, -0.25) is 14.5 Å². The second-order valence-corrected chi connectivity index (χ2v) is 6.42. The summed E-state index contributed by atoms with van der Waals surface area (Å²) in [5.74, 6) is -0.540. The van der Waals surface area contributed by atoms with E-state index in [9.17, 15) is 9.59 Å². The summed E-state index contributed by atoms with van der Waals surface area (Å²) >= 11 is 0. The van der Waals surface area contributed by atoms with E-state index in [1.54, 1.807) is 4.90 Å². The minimum absolute atomic E-state index is 0.0201. The molecule has 0 atom stereocenters. The number of carbonyl (C=O) groups is 2. The third kappa shape index (κ3) is 6.75. The van der Waals surface area contributed by atoms with E-state index in [1.807, 2.05) is 0 Å². The summed E-state index contributed by atoms with van der Waals surface area (Å²) in [5.41, 5.74) is 0. The summed E-state index contributed by atoms with van der Waals surface area (Å²) in [7, 11) is 1.34. The van der Waals surface area contributed by atoms with Crippen molar-refractivity contribution in [2.24, 2.45) is 0 Å². The minimum Gasteiger partial charge on any atom is -0.468 e. The summed E-state index contributed by atoms with van der Waals surface area (Å²) < 4.78 is 15.8. The van der Waals surface area contributed by atoms with Crippen LogP contribution in [0.25, 0.3) is 0 Å². The van der Waals surface area contributed by atoms with Crippen molar-refractivity contribution < 1.29 is 23.8 Å². The van der Waals surface area contributed by atoms with Gasteiger partial charge in [-0.1, -0.05) is 19.3 Å². The molecule has 138 valence electrons. The van der Waals surface area contributed by atoms with E-state index in [4.69, 9.17) is 14.2 Å². The van der Waals surface area contributed by atoms with Gasteiger partial charge in [0.05, 0.1) is 26.4 Å². The summed E-state index contributed by atoms with van der Waals surface area (Å²) in [5, 5.41) is 0. The number of ether oxygens (including phenoxy) is 3. The highest BCUT2D eigenvalue weighted by molar-refractivity contribution is 5.82. The summed E-state index contributed by atoms with van der Waals surface area (Å²) in [6.07, 6.45) is 5.82. The van der Waals surface area contributed by atoms with E-state index in [0.717, 1.165) is 45.7 Å². The van der Waals surface area contributed by atoms with Crippen LogP contribution in [-0.2, 0) is 23.8 Å². The first-order chi connectivity index (χ1) is 11.7. The molecule has 2 rings (SSSR count). The molecule has 0 spiro atoms. The Balaban J connectivity index is 1.78. The Morgan fingerprint density at radius 1 is 1.17 bits per heavy atom. The molecule has 7 heteroatoms. The van der Waals surface area contributed by atoms with Crippen molar-refractivity contribution in [2.75, 3.05) is 59.7 Å². The molecule has 1 amide bonds. The molecule has 1 aliphatic heterocycles. The quantitative estimate of drug-likeness (QED) is 0.604. The zero-order valence-corrected chi connectivity index (χ0v) is 14.7. The fourth-order valence-corrected chi connectivity index (χ4v) is 3.11. The van der Waals surface area contributed by atoms with Crippen molar-refractivity contribution in [3.05, 3.63) is 0 Å². The third-order valence-electron chi connectivity index (χ3n) is 4.68. The number of carbonyl (C=O) groups excluding carboxylic acids is 2. The lowest BCUT2D eigenvalue weighted by atomic mass is 9.98. The van der Waals surface area contributed by atoms with E-state index in [1.165, 1.54) is 26.4 Å². The van der Waals surface area contributed by atoms with Crippen molar-refractivity contribution in [3.63, 3.8) is 0 Å².